The van der Waals surface area contributed by atoms with Gasteiger partial charge in [-0.2, -0.15) is 19.5 Å². The maximum Gasteiger partial charge on any atom is 0.214 e. The van der Waals surface area contributed by atoms with Crippen LogP contribution in [0.1, 0.15) is 0 Å². The van der Waals surface area contributed by atoms with Gasteiger partial charge in [0.15, 0.2) is 5.01 Å². The SMILES string of the molecule is Clc1ccc(-n2ncc(-c3nn4c(I)c(-c5ccc(Br)cc5)nc4s3)n2)cc1. The predicted molar refractivity (Wildman–Crippen MR) is 122 cm³/mol. The topological polar surface area (TPSA) is 60.9 Å². The van der Waals surface area contributed by atoms with Crippen molar-refractivity contribution in [1.29, 1.82) is 0 Å². The molecule has 0 amide bonds. The minimum Gasteiger partial charge on any atom is -0.216 e. The molecule has 0 atom stereocenters. The molecule has 0 radical (unpaired) electrons. The molecular weight excluding hydrogens is 575 g/mol. The van der Waals surface area contributed by atoms with E-state index in [0.29, 0.717) is 10.7 Å². The molecule has 5 rings (SSSR count). The van der Waals surface area contributed by atoms with Crippen molar-refractivity contribution in [3.63, 3.8) is 0 Å². The second kappa shape index (κ2) is 7.21. The molecule has 0 N–H and O–H groups in total. The normalized spacial score (nSPS) is 11.4. The predicted octanol–water partition coefficient (Wildman–Crippen LogP) is 5.73. The van der Waals surface area contributed by atoms with E-state index in [-0.39, 0.29) is 0 Å². The number of imidazole rings is 1. The molecule has 0 aliphatic heterocycles. The Labute approximate surface area is 190 Å². The Morgan fingerprint density at radius 1 is 1.00 bits per heavy atom. The van der Waals surface area contributed by atoms with Crippen molar-refractivity contribution >= 4 is 66.4 Å². The van der Waals surface area contributed by atoms with E-state index in [9.17, 15) is 0 Å². The van der Waals surface area contributed by atoms with Gasteiger partial charge in [0.1, 0.15) is 15.1 Å². The van der Waals surface area contributed by atoms with Crippen molar-refractivity contribution in [2.24, 2.45) is 0 Å². The second-order valence-electron chi connectivity index (χ2n) is 5.86. The molecule has 138 valence electrons. The zero-order valence-corrected chi connectivity index (χ0v) is 19.2. The summed E-state index contributed by atoms with van der Waals surface area (Å²) in [6.45, 7) is 0. The summed E-state index contributed by atoms with van der Waals surface area (Å²) in [6, 6.07) is 15.4. The molecule has 5 aromatic rings. The number of rotatable bonds is 3. The Balaban J connectivity index is 1.51. The van der Waals surface area contributed by atoms with Crippen molar-refractivity contribution in [2.45, 2.75) is 0 Å². The van der Waals surface area contributed by atoms with E-state index >= 15 is 0 Å². The molecule has 6 nitrogen and oxygen atoms in total. The number of hydrogen-bond acceptors (Lipinski definition) is 5. The number of halogens is 3. The fraction of sp³-hybridized carbons (Fsp3) is 0. The van der Waals surface area contributed by atoms with Gasteiger partial charge in [0, 0.05) is 15.1 Å². The number of benzene rings is 2. The standard InChI is InChI=1S/C18H9BrClIN6S/c19-11-3-1-10(2-4-11)15-16(21)26-18(23-15)28-17(25-26)14-9-22-27(24-14)13-7-5-12(20)6-8-13/h1-9H. The molecule has 0 fully saturated rings. The first kappa shape index (κ1) is 18.2. The highest BCUT2D eigenvalue weighted by Crippen LogP contribution is 2.31. The molecule has 0 saturated heterocycles. The van der Waals surface area contributed by atoms with Crippen LogP contribution in [-0.2, 0) is 0 Å². The monoisotopic (exact) mass is 582 g/mol. The molecule has 3 heterocycles. The van der Waals surface area contributed by atoms with Gasteiger partial charge < -0.3 is 0 Å². The summed E-state index contributed by atoms with van der Waals surface area (Å²) in [5.74, 6) is 0. The third-order valence-corrected chi connectivity index (χ3v) is 6.71. The molecule has 2 aromatic carbocycles. The van der Waals surface area contributed by atoms with Crippen LogP contribution >= 0.6 is 61.5 Å². The van der Waals surface area contributed by atoms with Gasteiger partial charge in [-0.3, -0.25) is 0 Å². The molecule has 0 aliphatic carbocycles. The van der Waals surface area contributed by atoms with Crippen LogP contribution in [0.2, 0.25) is 5.02 Å². The third kappa shape index (κ3) is 3.25. The quantitative estimate of drug-likeness (QED) is 0.255. The Morgan fingerprint density at radius 3 is 2.46 bits per heavy atom. The van der Waals surface area contributed by atoms with Crippen molar-refractivity contribution < 1.29 is 0 Å². The van der Waals surface area contributed by atoms with Crippen LogP contribution in [-0.4, -0.2) is 29.6 Å². The molecule has 0 spiro atoms. The molecule has 0 aliphatic rings. The van der Waals surface area contributed by atoms with Crippen LogP contribution in [0.25, 0.3) is 32.6 Å². The fourth-order valence-electron chi connectivity index (χ4n) is 2.68. The lowest BCUT2D eigenvalue weighted by atomic mass is 10.2. The summed E-state index contributed by atoms with van der Waals surface area (Å²) in [7, 11) is 0. The van der Waals surface area contributed by atoms with E-state index in [1.807, 2.05) is 53.0 Å². The lowest BCUT2D eigenvalue weighted by Gasteiger charge is -1.98. The zero-order chi connectivity index (χ0) is 19.3. The van der Waals surface area contributed by atoms with Crippen LogP contribution in [0.4, 0.5) is 0 Å². The van der Waals surface area contributed by atoms with Crippen molar-refractivity contribution in [3.8, 4) is 27.6 Å². The van der Waals surface area contributed by atoms with E-state index in [1.54, 1.807) is 11.0 Å². The van der Waals surface area contributed by atoms with Crippen molar-refractivity contribution in [3.05, 3.63) is 67.9 Å². The lowest BCUT2D eigenvalue weighted by Crippen LogP contribution is -1.98. The van der Waals surface area contributed by atoms with Crippen molar-refractivity contribution in [1.82, 2.24) is 29.6 Å². The number of fused-ring (bicyclic) bond motifs is 1. The molecule has 0 unspecified atom stereocenters. The summed E-state index contributed by atoms with van der Waals surface area (Å²) in [6.07, 6.45) is 1.70. The van der Waals surface area contributed by atoms with Gasteiger partial charge in [-0.25, -0.2) is 4.98 Å². The largest absolute Gasteiger partial charge is 0.216 e. The van der Waals surface area contributed by atoms with E-state index in [0.717, 1.165) is 35.1 Å². The third-order valence-electron chi connectivity index (χ3n) is 4.03. The Morgan fingerprint density at radius 2 is 1.75 bits per heavy atom. The molecule has 28 heavy (non-hydrogen) atoms. The second-order valence-corrected chi connectivity index (χ2v) is 9.19. The zero-order valence-electron chi connectivity index (χ0n) is 13.9. The smallest absolute Gasteiger partial charge is 0.214 e. The van der Waals surface area contributed by atoms with Gasteiger partial charge in [0.2, 0.25) is 4.96 Å². The van der Waals surface area contributed by atoms with Gasteiger partial charge in [0.25, 0.3) is 0 Å². The first-order chi connectivity index (χ1) is 13.6. The lowest BCUT2D eigenvalue weighted by molar-refractivity contribution is 0.753. The molecular formula is C18H9BrClIN6S. The summed E-state index contributed by atoms with van der Waals surface area (Å²) < 4.78 is 3.85. The van der Waals surface area contributed by atoms with Gasteiger partial charge in [0.05, 0.1) is 11.9 Å². The van der Waals surface area contributed by atoms with Gasteiger partial charge >= 0.3 is 0 Å². The average Bonchev–Trinajstić information content (AvgIpc) is 3.40. The van der Waals surface area contributed by atoms with E-state index in [4.69, 9.17) is 16.6 Å². The van der Waals surface area contributed by atoms with E-state index < -0.39 is 0 Å². The highest BCUT2D eigenvalue weighted by Gasteiger charge is 2.18. The highest BCUT2D eigenvalue weighted by molar-refractivity contribution is 14.1. The summed E-state index contributed by atoms with van der Waals surface area (Å²) in [4.78, 5) is 7.14. The number of nitrogens with zero attached hydrogens (tertiary/aromatic N) is 6. The van der Waals surface area contributed by atoms with Crippen LogP contribution in [0, 0.1) is 3.70 Å². The van der Waals surface area contributed by atoms with E-state index in [1.165, 1.54) is 11.3 Å². The van der Waals surface area contributed by atoms with E-state index in [2.05, 4.69) is 53.8 Å². The maximum atomic E-state index is 5.94. The Bertz CT molecular complexity index is 1290. The molecule has 0 bridgehead atoms. The summed E-state index contributed by atoms with van der Waals surface area (Å²) >= 11 is 13.2. The van der Waals surface area contributed by atoms with Crippen LogP contribution in [0.15, 0.2) is 59.2 Å². The molecule has 10 heteroatoms. The average molecular weight is 584 g/mol. The summed E-state index contributed by atoms with van der Waals surface area (Å²) in [5, 5.41) is 15.0. The first-order valence-electron chi connectivity index (χ1n) is 8.08. The maximum absolute atomic E-state index is 5.94. The minimum absolute atomic E-state index is 0.674. The molecule has 0 saturated carbocycles. The summed E-state index contributed by atoms with van der Waals surface area (Å²) in [5.41, 5.74) is 3.51. The van der Waals surface area contributed by atoms with Crippen LogP contribution in [0.5, 0.6) is 0 Å². The van der Waals surface area contributed by atoms with Crippen LogP contribution < -0.4 is 0 Å². The molecule has 3 aromatic heterocycles. The van der Waals surface area contributed by atoms with Gasteiger partial charge in [-0.1, -0.05) is 51.0 Å². The van der Waals surface area contributed by atoms with Crippen LogP contribution in [0.3, 0.4) is 0 Å². The first-order valence-corrected chi connectivity index (χ1v) is 11.1. The Hall–Kier alpha value is -1.82. The highest BCUT2D eigenvalue weighted by atomic mass is 127. The minimum atomic E-state index is 0.674. The number of hydrogen-bond donors (Lipinski definition) is 0. The number of aromatic nitrogens is 6. The van der Waals surface area contributed by atoms with Gasteiger partial charge in [-0.15, -0.1) is 5.10 Å². The van der Waals surface area contributed by atoms with Gasteiger partial charge in [-0.05, 0) is 59.0 Å². The fourth-order valence-corrected chi connectivity index (χ4v) is 4.85. The van der Waals surface area contributed by atoms with Crippen molar-refractivity contribution in [2.75, 3.05) is 0 Å². The Kier molecular flexibility index (Phi) is 4.69.